The van der Waals surface area contributed by atoms with Gasteiger partial charge in [0.2, 0.25) is 0 Å². The summed E-state index contributed by atoms with van der Waals surface area (Å²) in [5.41, 5.74) is -3.14. The number of ether oxygens (including phenoxy) is 1. The van der Waals surface area contributed by atoms with Crippen molar-refractivity contribution in [2.45, 2.75) is 391 Å². The van der Waals surface area contributed by atoms with Gasteiger partial charge in [-0.2, -0.15) is 13.2 Å². The number of rotatable bonds is 8. The van der Waals surface area contributed by atoms with E-state index in [0.29, 0.717) is 36.1 Å². The van der Waals surface area contributed by atoms with Gasteiger partial charge in [-0.25, -0.2) is 0 Å². The number of ketones is 1. The van der Waals surface area contributed by atoms with Gasteiger partial charge < -0.3 is 30.3 Å². The first kappa shape index (κ1) is 84.3. The summed E-state index contributed by atoms with van der Waals surface area (Å²) >= 11 is 0. The summed E-state index contributed by atoms with van der Waals surface area (Å²) in [4.78, 5) is 10.8. The molecule has 9 fully saturated rings. The molecule has 0 aromatic heterocycles. The molecule has 8 saturated carbocycles. The van der Waals surface area contributed by atoms with E-state index in [-0.39, 0.29) is 35.7 Å². The molecule has 9 rings (SSSR count). The van der Waals surface area contributed by atoms with Crippen molar-refractivity contribution in [3.05, 3.63) is 0 Å². The van der Waals surface area contributed by atoms with Crippen molar-refractivity contribution >= 4 is 5.78 Å². The predicted molar refractivity (Wildman–Crippen MR) is 371 cm³/mol. The van der Waals surface area contributed by atoms with Gasteiger partial charge in [0, 0.05) is 12.8 Å². The zero-order valence-corrected chi connectivity index (χ0v) is 62.1. The second-order valence-electron chi connectivity index (χ2n) is 35.0. The highest BCUT2D eigenvalue weighted by Crippen LogP contribution is 2.46. The van der Waals surface area contributed by atoms with E-state index in [1.165, 1.54) is 109 Å². The van der Waals surface area contributed by atoms with Gasteiger partial charge in [0.05, 0.1) is 35.1 Å². The number of Topliss-reactive ketones (excluding diaryl/α,β-unsaturated/α-hetero) is 1. The van der Waals surface area contributed by atoms with Crippen LogP contribution in [0.4, 0.5) is 13.2 Å². The number of hydrogen-bond acceptors (Lipinski definition) is 7. The Balaban J connectivity index is 0.000000347. The van der Waals surface area contributed by atoms with E-state index in [9.17, 15) is 43.5 Å². The molecule has 9 aliphatic rings. The van der Waals surface area contributed by atoms with E-state index >= 15 is 0 Å². The predicted octanol–water partition coefficient (Wildman–Crippen LogP) is 21.9. The standard InChI is InChI=1S/C11H20O.C10H17F3O.3C10H20O.C10H20.C9H18O.C9H16O/c1-9(2)10-3-5-11(6-4-10)7-8-12-11;1-7(2)8-3-5-9(14,6-4-8)10(11,12)13;1-8(2)9-4-6-10(3,11)7-5-9;2*1-8(2)9-5-4-6-10(3,11)7-9;1-8(2)10-6-4-5-9(3)7-10;2*1-7(2)8-3-5-9(10)6-4-8/h9-10H,3-8H2,1-2H3;7-8,14H,3-6H2,1-2H3;3*8-9,11H,4-7H2,1-3H3;8-10H,4-7H2,1-3H3;7-10H,3-6H2,1-2H3;7-8H,3-6H2,1-2H3. The Morgan fingerprint density at radius 2 is 0.719 bits per heavy atom. The monoisotopic (exact) mass is 1270 g/mol. The number of carbonyl (C=O) groups excluding carboxylic acids is 1. The first-order chi connectivity index (χ1) is 41.1. The van der Waals surface area contributed by atoms with Crippen molar-refractivity contribution in [3.63, 3.8) is 0 Å². The molecule has 1 heterocycles. The van der Waals surface area contributed by atoms with Crippen molar-refractivity contribution in [1.82, 2.24) is 0 Å². The van der Waals surface area contributed by atoms with Crippen molar-refractivity contribution < 1.29 is 48.2 Å². The van der Waals surface area contributed by atoms with Crippen LogP contribution in [-0.4, -0.2) is 78.2 Å². The lowest BCUT2D eigenvalue weighted by Gasteiger charge is -2.47. The summed E-state index contributed by atoms with van der Waals surface area (Å²) in [5.74, 6) is 13.9. The maximum absolute atomic E-state index is 12.4. The molecular formula is C79H151F3O7. The molecule has 8 aliphatic carbocycles. The average Bonchev–Trinajstić information content (AvgIpc) is 2.04. The Hall–Kier alpha value is -0.780. The molecule has 0 bridgehead atoms. The van der Waals surface area contributed by atoms with Gasteiger partial charge in [-0.1, -0.05) is 150 Å². The van der Waals surface area contributed by atoms with Gasteiger partial charge in [-0.15, -0.1) is 0 Å². The second kappa shape index (κ2) is 40.1. The summed E-state index contributed by atoms with van der Waals surface area (Å²) in [7, 11) is 0. The SMILES string of the molecule is CC(C)C1CCC(=O)CC1.CC(C)C1CCC(C)(O)CC1.CC(C)C1CCC(O)(C(F)(F)F)CC1.CC(C)C1CCC(O)CC1.CC(C)C1CCC2(CCO2)CC1.CC(C)C1CCCC(C)(O)C1.CC(C)C1CCCC(C)(O)C1.CC1CCCC(C(C)C)C1. The molecule has 5 N–H and O–H groups in total. The molecule has 1 saturated heterocycles. The van der Waals surface area contributed by atoms with Crippen LogP contribution >= 0.6 is 0 Å². The molecule has 1 aliphatic heterocycles. The zero-order valence-electron chi connectivity index (χ0n) is 62.1. The van der Waals surface area contributed by atoms with E-state index in [4.69, 9.17) is 4.74 Å². The third kappa shape index (κ3) is 33.2. The van der Waals surface area contributed by atoms with Crippen LogP contribution in [-0.2, 0) is 9.53 Å². The molecule has 0 aromatic carbocycles. The van der Waals surface area contributed by atoms with E-state index in [0.717, 1.165) is 172 Å². The molecule has 7 nitrogen and oxygen atoms in total. The maximum Gasteiger partial charge on any atom is 0.417 e. The van der Waals surface area contributed by atoms with E-state index < -0.39 is 11.8 Å². The third-order valence-electron chi connectivity index (χ3n) is 24.2. The molecule has 530 valence electrons. The van der Waals surface area contributed by atoms with Crippen molar-refractivity contribution in [1.29, 1.82) is 0 Å². The van der Waals surface area contributed by atoms with Gasteiger partial charge in [0.1, 0.15) is 5.78 Å². The van der Waals surface area contributed by atoms with E-state index in [1.807, 2.05) is 34.6 Å². The Morgan fingerprint density at radius 3 is 1.01 bits per heavy atom. The summed E-state index contributed by atoms with van der Waals surface area (Å²) in [6.07, 6.45) is 30.9. The van der Waals surface area contributed by atoms with Crippen LogP contribution in [0.2, 0.25) is 0 Å². The molecular weight excluding hydrogens is 1120 g/mol. The number of alkyl halides is 3. The van der Waals surface area contributed by atoms with Crippen LogP contribution in [0.1, 0.15) is 350 Å². The van der Waals surface area contributed by atoms with Gasteiger partial charge in [-0.05, 0) is 288 Å². The number of carbonyl (C=O) groups is 1. The molecule has 0 radical (unpaired) electrons. The lowest BCUT2D eigenvalue weighted by atomic mass is 9.72. The highest BCUT2D eigenvalue weighted by Gasteiger charge is 2.54. The van der Waals surface area contributed by atoms with Crippen LogP contribution in [0.15, 0.2) is 0 Å². The largest absolute Gasteiger partial charge is 0.417 e. The summed E-state index contributed by atoms with van der Waals surface area (Å²) in [6.45, 7) is 45.4. The highest BCUT2D eigenvalue weighted by atomic mass is 19.4. The van der Waals surface area contributed by atoms with E-state index in [2.05, 4.69) is 104 Å². The van der Waals surface area contributed by atoms with Crippen molar-refractivity contribution in [2.75, 3.05) is 6.61 Å². The minimum atomic E-state index is -4.46. The fraction of sp³-hybridized carbons (Fsp3) is 0.987. The highest BCUT2D eigenvalue weighted by molar-refractivity contribution is 5.79. The number of halogens is 3. The zero-order chi connectivity index (χ0) is 67.7. The summed E-state index contributed by atoms with van der Waals surface area (Å²) < 4.78 is 42.9. The van der Waals surface area contributed by atoms with Crippen molar-refractivity contribution in [3.8, 4) is 0 Å². The topological polar surface area (TPSA) is 127 Å². The Kier molecular flexibility index (Phi) is 37.9. The average molecular weight is 1270 g/mol. The van der Waals surface area contributed by atoms with Crippen LogP contribution in [0.3, 0.4) is 0 Å². The molecule has 0 aromatic rings. The van der Waals surface area contributed by atoms with E-state index in [1.54, 1.807) is 0 Å². The van der Waals surface area contributed by atoms with Crippen LogP contribution in [0.5, 0.6) is 0 Å². The summed E-state index contributed by atoms with van der Waals surface area (Å²) in [6, 6.07) is 0. The maximum atomic E-state index is 12.4. The number of hydrogen-bond donors (Lipinski definition) is 5. The van der Waals surface area contributed by atoms with Crippen molar-refractivity contribution in [2.24, 2.45) is 101 Å². The lowest BCUT2D eigenvalue weighted by molar-refractivity contribution is -0.272. The number of aliphatic hydroxyl groups excluding tert-OH is 1. The molecule has 0 amide bonds. The molecule has 6 unspecified atom stereocenters. The second-order valence-corrected chi connectivity index (χ2v) is 35.0. The van der Waals surface area contributed by atoms with Crippen LogP contribution in [0, 0.1) is 101 Å². The summed E-state index contributed by atoms with van der Waals surface area (Å²) in [5, 5.41) is 47.9. The smallest absolute Gasteiger partial charge is 0.393 e. The van der Waals surface area contributed by atoms with Gasteiger partial charge in [0.15, 0.2) is 5.60 Å². The fourth-order valence-corrected chi connectivity index (χ4v) is 16.3. The molecule has 10 heteroatoms. The van der Waals surface area contributed by atoms with Gasteiger partial charge in [0.25, 0.3) is 0 Å². The minimum Gasteiger partial charge on any atom is -0.393 e. The quantitative estimate of drug-likeness (QED) is 0.164. The first-order valence-electron chi connectivity index (χ1n) is 37.9. The lowest BCUT2D eigenvalue weighted by Crippen LogP contribution is -2.48. The minimum absolute atomic E-state index is 0.00926. The van der Waals surface area contributed by atoms with Gasteiger partial charge >= 0.3 is 6.18 Å². The normalized spacial score (nSPS) is 36.1. The molecule has 89 heavy (non-hydrogen) atoms. The van der Waals surface area contributed by atoms with Crippen LogP contribution in [0.25, 0.3) is 0 Å². The fourth-order valence-electron chi connectivity index (χ4n) is 16.3. The Labute approximate surface area is 549 Å². The number of aliphatic hydroxyl groups is 5. The Morgan fingerprint density at radius 1 is 0.393 bits per heavy atom. The Bertz CT molecular complexity index is 1770. The van der Waals surface area contributed by atoms with Gasteiger partial charge in [-0.3, -0.25) is 4.79 Å². The molecule has 6 atom stereocenters. The molecule has 1 spiro atoms. The first-order valence-corrected chi connectivity index (χ1v) is 37.9. The van der Waals surface area contributed by atoms with Crippen LogP contribution < -0.4 is 0 Å². The third-order valence-corrected chi connectivity index (χ3v) is 24.2.